The number of nitriles is 1. The fourth-order valence-corrected chi connectivity index (χ4v) is 3.64. The molecular formula is C23H24F3N3O2. The molecule has 1 saturated heterocycles. The first-order valence-electron chi connectivity index (χ1n) is 10.0. The second kappa shape index (κ2) is 9.40. The molecule has 5 nitrogen and oxygen atoms in total. The number of aromatic nitrogens is 1. The van der Waals surface area contributed by atoms with Gasteiger partial charge in [0.2, 0.25) is 0 Å². The van der Waals surface area contributed by atoms with Gasteiger partial charge in [0.05, 0.1) is 11.7 Å². The Balaban J connectivity index is 1.68. The number of nitrogens with zero attached hydrogens (tertiary/aromatic N) is 2. The SMILES string of the molecule is Cc1cc(/C=C(\C#N)C(=O)NCc2ccc(C(F)(F)F)cc2)c(C)n1CC1CCCO1. The van der Waals surface area contributed by atoms with Crippen molar-refractivity contribution in [3.63, 3.8) is 0 Å². The average Bonchev–Trinajstić information content (AvgIpc) is 3.34. The fraction of sp³-hybridized carbons (Fsp3) is 0.391. The molecule has 0 radical (unpaired) electrons. The lowest BCUT2D eigenvalue weighted by Crippen LogP contribution is -2.24. The molecule has 1 aliphatic heterocycles. The Morgan fingerprint density at radius 2 is 2.03 bits per heavy atom. The summed E-state index contributed by atoms with van der Waals surface area (Å²) in [5, 5.41) is 12.0. The number of amides is 1. The smallest absolute Gasteiger partial charge is 0.376 e. The standard InChI is InChI=1S/C23H24F3N3O2/c1-15-10-18(16(2)29(15)14-21-4-3-9-31-21)11-19(12-27)22(30)28-13-17-5-7-20(8-6-17)23(24,25)26/h5-8,10-11,21H,3-4,9,13-14H2,1-2H3,(H,28,30)/b19-11+. The molecule has 1 atom stereocenters. The van der Waals surface area contributed by atoms with E-state index in [1.54, 1.807) is 0 Å². The number of rotatable bonds is 6. The van der Waals surface area contributed by atoms with E-state index in [0.717, 1.165) is 55.1 Å². The Hall–Kier alpha value is -3.05. The predicted octanol–water partition coefficient (Wildman–Crippen LogP) is 4.53. The van der Waals surface area contributed by atoms with Gasteiger partial charge in [0.15, 0.2) is 0 Å². The minimum atomic E-state index is -4.41. The molecule has 0 aliphatic carbocycles. The van der Waals surface area contributed by atoms with E-state index in [0.29, 0.717) is 5.56 Å². The van der Waals surface area contributed by atoms with Gasteiger partial charge >= 0.3 is 6.18 Å². The molecular weight excluding hydrogens is 407 g/mol. The summed E-state index contributed by atoms with van der Waals surface area (Å²) >= 11 is 0. The number of benzene rings is 1. The summed E-state index contributed by atoms with van der Waals surface area (Å²) < 4.78 is 45.8. The molecule has 1 aromatic heterocycles. The molecule has 2 aromatic rings. The third kappa shape index (κ3) is 5.56. The molecule has 1 aromatic carbocycles. The van der Waals surface area contributed by atoms with Gasteiger partial charge in [-0.05, 0) is 62.1 Å². The van der Waals surface area contributed by atoms with Gasteiger partial charge in [0, 0.05) is 31.1 Å². The van der Waals surface area contributed by atoms with Crippen molar-refractivity contribution in [1.82, 2.24) is 9.88 Å². The summed E-state index contributed by atoms with van der Waals surface area (Å²) in [6.45, 7) is 5.43. The molecule has 1 unspecified atom stereocenters. The summed E-state index contributed by atoms with van der Waals surface area (Å²) in [7, 11) is 0. The van der Waals surface area contributed by atoms with E-state index < -0.39 is 17.6 Å². The summed E-state index contributed by atoms with van der Waals surface area (Å²) in [5.74, 6) is -0.577. The minimum Gasteiger partial charge on any atom is -0.376 e. The quantitative estimate of drug-likeness (QED) is 0.540. The van der Waals surface area contributed by atoms with Crippen LogP contribution in [0.5, 0.6) is 0 Å². The first-order valence-corrected chi connectivity index (χ1v) is 10.0. The van der Waals surface area contributed by atoms with Crippen molar-refractivity contribution < 1.29 is 22.7 Å². The Kier molecular flexibility index (Phi) is 6.86. The van der Waals surface area contributed by atoms with Crippen LogP contribution in [-0.4, -0.2) is 23.2 Å². The van der Waals surface area contributed by atoms with Gasteiger partial charge in [0.25, 0.3) is 5.91 Å². The van der Waals surface area contributed by atoms with Crippen molar-refractivity contribution in [3.8, 4) is 6.07 Å². The van der Waals surface area contributed by atoms with Crippen molar-refractivity contribution in [3.05, 3.63) is 64.0 Å². The molecule has 0 spiro atoms. The van der Waals surface area contributed by atoms with Crippen LogP contribution in [0.15, 0.2) is 35.9 Å². The van der Waals surface area contributed by atoms with Crippen molar-refractivity contribution in [2.24, 2.45) is 0 Å². The summed E-state index contributed by atoms with van der Waals surface area (Å²) in [4.78, 5) is 12.5. The monoisotopic (exact) mass is 431 g/mol. The van der Waals surface area contributed by atoms with Gasteiger partial charge < -0.3 is 14.6 Å². The number of alkyl halides is 3. The number of carbonyl (C=O) groups excluding carboxylic acids is 1. The largest absolute Gasteiger partial charge is 0.416 e. The van der Waals surface area contributed by atoms with E-state index in [-0.39, 0.29) is 18.2 Å². The molecule has 3 rings (SSSR count). The van der Waals surface area contributed by atoms with Crippen LogP contribution in [0, 0.1) is 25.2 Å². The normalized spacial score (nSPS) is 16.9. The third-order valence-electron chi connectivity index (χ3n) is 5.42. The summed E-state index contributed by atoms with van der Waals surface area (Å²) in [5.41, 5.74) is 2.42. The van der Waals surface area contributed by atoms with Gasteiger partial charge in [-0.2, -0.15) is 18.4 Å². The number of hydrogen-bond acceptors (Lipinski definition) is 3. The lowest BCUT2D eigenvalue weighted by Gasteiger charge is -2.14. The van der Waals surface area contributed by atoms with Gasteiger partial charge in [-0.15, -0.1) is 0 Å². The Bertz CT molecular complexity index is 1010. The number of nitrogens with one attached hydrogen (secondary N) is 1. The average molecular weight is 431 g/mol. The maximum atomic E-state index is 12.6. The van der Waals surface area contributed by atoms with Crippen molar-refractivity contribution >= 4 is 12.0 Å². The van der Waals surface area contributed by atoms with Gasteiger partial charge in [-0.25, -0.2) is 0 Å². The van der Waals surface area contributed by atoms with Crippen LogP contribution in [0.25, 0.3) is 6.08 Å². The highest BCUT2D eigenvalue weighted by Gasteiger charge is 2.29. The molecule has 164 valence electrons. The first kappa shape index (κ1) is 22.6. The zero-order chi connectivity index (χ0) is 22.6. The number of hydrogen-bond donors (Lipinski definition) is 1. The molecule has 8 heteroatoms. The third-order valence-corrected chi connectivity index (χ3v) is 5.42. The van der Waals surface area contributed by atoms with E-state index in [2.05, 4.69) is 9.88 Å². The number of halogens is 3. The predicted molar refractivity (Wildman–Crippen MR) is 110 cm³/mol. The highest BCUT2D eigenvalue weighted by molar-refractivity contribution is 6.01. The minimum absolute atomic E-state index is 0.0219. The van der Waals surface area contributed by atoms with E-state index in [1.807, 2.05) is 26.0 Å². The Morgan fingerprint density at radius 1 is 1.32 bits per heavy atom. The zero-order valence-electron chi connectivity index (χ0n) is 17.4. The van der Waals surface area contributed by atoms with Crippen LogP contribution in [0.1, 0.15) is 40.9 Å². The maximum absolute atomic E-state index is 12.6. The van der Waals surface area contributed by atoms with E-state index in [9.17, 15) is 23.2 Å². The lowest BCUT2D eigenvalue weighted by molar-refractivity contribution is -0.137. The van der Waals surface area contributed by atoms with Crippen LogP contribution in [0.3, 0.4) is 0 Å². The van der Waals surface area contributed by atoms with Crippen LogP contribution >= 0.6 is 0 Å². The zero-order valence-corrected chi connectivity index (χ0v) is 17.4. The maximum Gasteiger partial charge on any atom is 0.416 e. The number of ether oxygens (including phenoxy) is 1. The summed E-state index contributed by atoms with van der Waals surface area (Å²) in [6, 6.07) is 8.37. The van der Waals surface area contributed by atoms with Crippen molar-refractivity contribution in [1.29, 1.82) is 5.26 Å². The van der Waals surface area contributed by atoms with E-state index in [1.165, 1.54) is 18.2 Å². The topological polar surface area (TPSA) is 67.0 Å². The second-order valence-corrected chi connectivity index (χ2v) is 7.62. The highest BCUT2D eigenvalue weighted by atomic mass is 19.4. The molecule has 1 N–H and O–H groups in total. The summed E-state index contributed by atoms with van der Waals surface area (Å²) in [6.07, 6.45) is -0.637. The van der Waals surface area contributed by atoms with Crippen LogP contribution < -0.4 is 5.32 Å². The van der Waals surface area contributed by atoms with Crippen LogP contribution in [0.2, 0.25) is 0 Å². The Labute approximate surface area is 179 Å². The molecule has 1 aliphatic rings. The van der Waals surface area contributed by atoms with E-state index >= 15 is 0 Å². The molecule has 1 fully saturated rings. The molecule has 0 saturated carbocycles. The molecule has 2 heterocycles. The van der Waals surface area contributed by atoms with Crippen LogP contribution in [-0.2, 0) is 28.8 Å². The molecule has 31 heavy (non-hydrogen) atoms. The van der Waals surface area contributed by atoms with Crippen LogP contribution in [0.4, 0.5) is 13.2 Å². The number of aryl methyl sites for hydroxylation is 1. The van der Waals surface area contributed by atoms with Gasteiger partial charge in [0.1, 0.15) is 11.6 Å². The highest BCUT2D eigenvalue weighted by Crippen LogP contribution is 2.29. The van der Waals surface area contributed by atoms with Crippen molar-refractivity contribution in [2.75, 3.05) is 6.61 Å². The lowest BCUT2D eigenvalue weighted by atomic mass is 10.1. The number of carbonyl (C=O) groups is 1. The fourth-order valence-electron chi connectivity index (χ4n) is 3.64. The van der Waals surface area contributed by atoms with Crippen molar-refractivity contribution in [2.45, 2.75) is 52.1 Å². The first-order chi connectivity index (χ1) is 14.7. The van der Waals surface area contributed by atoms with E-state index in [4.69, 9.17) is 4.74 Å². The molecule has 1 amide bonds. The Morgan fingerprint density at radius 3 is 2.61 bits per heavy atom. The van der Waals surface area contributed by atoms with Gasteiger partial charge in [-0.1, -0.05) is 12.1 Å². The van der Waals surface area contributed by atoms with Gasteiger partial charge in [-0.3, -0.25) is 4.79 Å². The second-order valence-electron chi connectivity index (χ2n) is 7.62. The molecule has 0 bridgehead atoms.